The number of amides is 1. The summed E-state index contributed by atoms with van der Waals surface area (Å²) < 4.78 is 0. The number of hydrogen-bond acceptors (Lipinski definition) is 4. The van der Waals surface area contributed by atoms with Crippen LogP contribution in [0.1, 0.15) is 35.3 Å². The van der Waals surface area contributed by atoms with Crippen LogP contribution >= 0.6 is 0 Å². The molecule has 0 aliphatic carbocycles. The molecule has 104 valence electrons. The summed E-state index contributed by atoms with van der Waals surface area (Å²) >= 11 is 0. The molecule has 1 amide bonds. The molecule has 5 N–H and O–H groups in total. The van der Waals surface area contributed by atoms with Gasteiger partial charge in [0.15, 0.2) is 0 Å². The minimum absolute atomic E-state index is 0.119. The van der Waals surface area contributed by atoms with E-state index < -0.39 is 5.91 Å². The number of aromatic nitrogens is 1. The minimum atomic E-state index is -0.555. The maximum atomic E-state index is 11.3. The normalized spacial score (nSPS) is 11.8. The number of nitrogens with zero attached hydrogens (tertiary/aromatic N) is 1. The molecule has 1 unspecified atom stereocenters. The van der Waals surface area contributed by atoms with Gasteiger partial charge in [-0.3, -0.25) is 4.79 Å². The number of anilines is 2. The Morgan fingerprint density at radius 3 is 2.65 bits per heavy atom. The number of nitrogens with two attached hydrogens (primary N) is 2. The minimum Gasteiger partial charge on any atom is -0.397 e. The summed E-state index contributed by atoms with van der Waals surface area (Å²) in [6.45, 7) is 2.08. The van der Waals surface area contributed by atoms with E-state index in [9.17, 15) is 4.79 Å². The molecule has 1 heterocycles. The molecule has 0 aliphatic heterocycles. The SMILES string of the molecule is CCC(Nc1cc(C(N)=O)c(N)cn1)c1ccccc1. The maximum Gasteiger partial charge on any atom is 0.250 e. The van der Waals surface area contributed by atoms with Gasteiger partial charge < -0.3 is 16.8 Å². The summed E-state index contributed by atoms with van der Waals surface area (Å²) in [6, 6.07) is 11.8. The van der Waals surface area contributed by atoms with E-state index in [0.717, 1.165) is 12.0 Å². The number of rotatable bonds is 5. The number of nitrogen functional groups attached to an aromatic ring is 1. The van der Waals surface area contributed by atoms with Gasteiger partial charge in [0.25, 0.3) is 5.91 Å². The molecule has 1 aromatic heterocycles. The monoisotopic (exact) mass is 270 g/mol. The van der Waals surface area contributed by atoms with E-state index in [0.29, 0.717) is 5.82 Å². The molecule has 0 bridgehead atoms. The molecule has 0 saturated carbocycles. The van der Waals surface area contributed by atoms with Crippen LogP contribution in [0.25, 0.3) is 0 Å². The number of benzene rings is 1. The quantitative estimate of drug-likeness (QED) is 0.777. The predicted molar refractivity (Wildman–Crippen MR) is 80.3 cm³/mol. The van der Waals surface area contributed by atoms with E-state index >= 15 is 0 Å². The van der Waals surface area contributed by atoms with Gasteiger partial charge in [-0.05, 0) is 18.1 Å². The van der Waals surface area contributed by atoms with Gasteiger partial charge in [-0.15, -0.1) is 0 Å². The molecule has 0 aliphatic rings. The average molecular weight is 270 g/mol. The van der Waals surface area contributed by atoms with Crippen LogP contribution in [0.4, 0.5) is 11.5 Å². The molecular weight excluding hydrogens is 252 g/mol. The van der Waals surface area contributed by atoms with Crippen LogP contribution < -0.4 is 16.8 Å². The number of carbonyl (C=O) groups excluding carboxylic acids is 1. The Kier molecular flexibility index (Phi) is 4.20. The standard InChI is InChI=1S/C15H18N4O/c1-2-13(10-6-4-3-5-7-10)19-14-8-11(15(17)20)12(16)9-18-14/h3-9,13H,2,16H2,1H3,(H2,17,20)(H,18,19). The zero-order chi connectivity index (χ0) is 14.5. The molecular formula is C15H18N4O. The van der Waals surface area contributed by atoms with Crippen molar-refractivity contribution < 1.29 is 4.79 Å². The van der Waals surface area contributed by atoms with Crippen molar-refractivity contribution in [2.24, 2.45) is 5.73 Å². The third-order valence-corrected chi connectivity index (χ3v) is 3.13. The van der Waals surface area contributed by atoms with E-state index in [4.69, 9.17) is 11.5 Å². The Morgan fingerprint density at radius 1 is 1.35 bits per heavy atom. The Bertz CT molecular complexity index is 598. The maximum absolute atomic E-state index is 11.3. The van der Waals surface area contributed by atoms with Crippen molar-refractivity contribution in [1.29, 1.82) is 0 Å². The Balaban J connectivity index is 2.24. The van der Waals surface area contributed by atoms with Crippen molar-refractivity contribution in [2.45, 2.75) is 19.4 Å². The van der Waals surface area contributed by atoms with Crippen LogP contribution in [-0.4, -0.2) is 10.9 Å². The van der Waals surface area contributed by atoms with Crippen LogP contribution in [0.15, 0.2) is 42.6 Å². The highest BCUT2D eigenvalue weighted by Crippen LogP contribution is 2.23. The van der Waals surface area contributed by atoms with Crippen molar-refractivity contribution in [2.75, 3.05) is 11.1 Å². The van der Waals surface area contributed by atoms with Crippen LogP contribution in [0.2, 0.25) is 0 Å². The van der Waals surface area contributed by atoms with Gasteiger partial charge >= 0.3 is 0 Å². The Hall–Kier alpha value is -2.56. The number of carbonyl (C=O) groups is 1. The first-order chi connectivity index (χ1) is 9.61. The summed E-state index contributed by atoms with van der Waals surface area (Å²) in [5.41, 5.74) is 12.7. The summed E-state index contributed by atoms with van der Waals surface area (Å²) in [6.07, 6.45) is 2.34. The lowest BCUT2D eigenvalue weighted by Crippen LogP contribution is -2.16. The molecule has 2 aromatic rings. The third-order valence-electron chi connectivity index (χ3n) is 3.13. The lowest BCUT2D eigenvalue weighted by atomic mass is 10.0. The van der Waals surface area contributed by atoms with E-state index in [1.54, 1.807) is 6.07 Å². The Labute approximate surface area is 118 Å². The summed E-state index contributed by atoms with van der Waals surface area (Å²) in [4.78, 5) is 15.5. The molecule has 5 heteroatoms. The van der Waals surface area contributed by atoms with E-state index in [2.05, 4.69) is 17.2 Å². The average Bonchev–Trinajstić information content (AvgIpc) is 2.47. The highest BCUT2D eigenvalue weighted by molar-refractivity contribution is 5.98. The smallest absolute Gasteiger partial charge is 0.250 e. The highest BCUT2D eigenvalue weighted by Gasteiger charge is 2.12. The molecule has 0 saturated heterocycles. The van der Waals surface area contributed by atoms with Crippen molar-refractivity contribution >= 4 is 17.4 Å². The van der Waals surface area contributed by atoms with Crippen molar-refractivity contribution in [3.8, 4) is 0 Å². The fraction of sp³-hybridized carbons (Fsp3) is 0.200. The molecule has 1 atom stereocenters. The molecule has 2 rings (SSSR count). The van der Waals surface area contributed by atoms with Gasteiger partial charge in [-0.25, -0.2) is 4.98 Å². The van der Waals surface area contributed by atoms with Crippen molar-refractivity contribution in [3.05, 3.63) is 53.7 Å². The predicted octanol–water partition coefficient (Wildman–Crippen LogP) is 2.33. The van der Waals surface area contributed by atoms with Crippen LogP contribution in [0.3, 0.4) is 0 Å². The number of primary amides is 1. The lowest BCUT2D eigenvalue weighted by molar-refractivity contribution is 0.100. The van der Waals surface area contributed by atoms with Crippen LogP contribution in [0.5, 0.6) is 0 Å². The summed E-state index contributed by atoms with van der Waals surface area (Å²) in [5, 5.41) is 3.29. The van der Waals surface area contributed by atoms with Crippen molar-refractivity contribution in [3.63, 3.8) is 0 Å². The van der Waals surface area contributed by atoms with E-state index in [-0.39, 0.29) is 17.3 Å². The second-order valence-corrected chi connectivity index (χ2v) is 4.54. The van der Waals surface area contributed by atoms with E-state index in [1.165, 1.54) is 6.20 Å². The van der Waals surface area contributed by atoms with Gasteiger partial charge in [0.1, 0.15) is 5.82 Å². The molecule has 0 radical (unpaired) electrons. The Morgan fingerprint density at radius 2 is 2.05 bits per heavy atom. The molecule has 5 nitrogen and oxygen atoms in total. The van der Waals surface area contributed by atoms with Gasteiger partial charge in [-0.1, -0.05) is 37.3 Å². The zero-order valence-corrected chi connectivity index (χ0v) is 11.3. The largest absolute Gasteiger partial charge is 0.397 e. The number of hydrogen-bond donors (Lipinski definition) is 3. The molecule has 0 fully saturated rings. The van der Waals surface area contributed by atoms with E-state index in [1.807, 2.05) is 30.3 Å². The first kappa shape index (κ1) is 13.9. The fourth-order valence-corrected chi connectivity index (χ4v) is 2.04. The number of nitrogens with one attached hydrogen (secondary N) is 1. The van der Waals surface area contributed by atoms with Crippen molar-refractivity contribution in [1.82, 2.24) is 4.98 Å². The molecule has 0 spiro atoms. The first-order valence-corrected chi connectivity index (χ1v) is 6.48. The summed E-state index contributed by atoms with van der Waals surface area (Å²) in [7, 11) is 0. The second kappa shape index (κ2) is 6.06. The first-order valence-electron chi connectivity index (χ1n) is 6.48. The lowest BCUT2D eigenvalue weighted by Gasteiger charge is -2.18. The van der Waals surface area contributed by atoms with Crippen LogP contribution in [0, 0.1) is 0 Å². The topological polar surface area (TPSA) is 94.0 Å². The number of pyridine rings is 1. The zero-order valence-electron chi connectivity index (χ0n) is 11.3. The molecule has 1 aromatic carbocycles. The van der Waals surface area contributed by atoms with Crippen LogP contribution in [-0.2, 0) is 0 Å². The van der Waals surface area contributed by atoms with Gasteiger partial charge in [0.2, 0.25) is 0 Å². The van der Waals surface area contributed by atoms with Gasteiger partial charge in [0, 0.05) is 0 Å². The summed E-state index contributed by atoms with van der Waals surface area (Å²) in [5.74, 6) is 0.0319. The second-order valence-electron chi connectivity index (χ2n) is 4.54. The third kappa shape index (κ3) is 3.06. The van der Waals surface area contributed by atoms with Gasteiger partial charge in [0.05, 0.1) is 23.5 Å². The van der Waals surface area contributed by atoms with Gasteiger partial charge in [-0.2, -0.15) is 0 Å². The molecule has 20 heavy (non-hydrogen) atoms. The fourth-order valence-electron chi connectivity index (χ4n) is 2.04. The highest BCUT2D eigenvalue weighted by atomic mass is 16.1.